The highest BCUT2D eigenvalue weighted by Crippen LogP contribution is 2.75. The van der Waals surface area contributed by atoms with Crippen LogP contribution in [0.25, 0.3) is 0 Å². The Bertz CT molecular complexity index is 1130. The molecule has 7 atom stereocenters. The van der Waals surface area contributed by atoms with Crippen molar-refractivity contribution in [1.82, 2.24) is 0 Å². The fraction of sp³-hybridized carbons (Fsp3) is 0.462. The Kier molecular flexibility index (Phi) is 6.71. The number of aliphatic hydroxyl groups excluding tert-OH is 3. The second kappa shape index (κ2) is 9.22. The quantitative estimate of drug-likeness (QED) is 0.266. The fourth-order valence-electron chi connectivity index (χ4n) is 5.88. The highest BCUT2D eigenvalue weighted by molar-refractivity contribution is 5.90. The van der Waals surface area contributed by atoms with E-state index in [4.69, 9.17) is 9.47 Å². The second-order valence-corrected chi connectivity index (χ2v) is 9.16. The van der Waals surface area contributed by atoms with Crippen molar-refractivity contribution >= 4 is 11.9 Å². The molecule has 10 heteroatoms. The van der Waals surface area contributed by atoms with Crippen molar-refractivity contribution in [1.29, 1.82) is 0 Å². The van der Waals surface area contributed by atoms with Gasteiger partial charge in [0.25, 0.3) is 0 Å². The Morgan fingerprint density at radius 3 is 1.72 bits per heavy atom. The lowest BCUT2D eigenvalue weighted by molar-refractivity contribution is -0.459. The number of carbonyl (C=O) groups is 2. The van der Waals surface area contributed by atoms with Crippen LogP contribution >= 0.6 is 0 Å². The van der Waals surface area contributed by atoms with Gasteiger partial charge in [-0.05, 0) is 49.2 Å². The molecule has 0 radical (unpaired) electrons. The Hall–Kier alpha value is -2.86. The van der Waals surface area contributed by atoms with Crippen LogP contribution < -0.4 is 0 Å². The average molecular weight is 503 g/mol. The topological polar surface area (TPSA) is 174 Å². The van der Waals surface area contributed by atoms with Crippen molar-refractivity contribution in [3.8, 4) is 0 Å². The minimum Gasteiger partial charge on any atom is -0.462 e. The SMILES string of the molecule is CCOC(=O)c1ccc(C2C(O)[C@@]3(O)C(c4ccc(C(=O)OCC)cc4)[C@@](O)([C@H](O)CO)[C@@]23O)cc1. The standard InChI is InChI=1S/C26H30O10/c1-3-35-22(30)16-9-5-14(6-10-16)19-21(29)25(33)20(24(32,18(28)13-27)26(19,25)34)15-7-11-17(12-8-15)23(31)36-4-2/h5-12,18-21,27-29,32-34H,3-4,13H2,1-2H3/t18-,19?,20?,21?,24+,25+,26+/m1/s1. The van der Waals surface area contributed by atoms with Gasteiger partial charge in [0, 0.05) is 5.92 Å². The maximum Gasteiger partial charge on any atom is 0.338 e. The normalized spacial score (nSPS) is 33.5. The lowest BCUT2D eigenvalue weighted by atomic mass is 9.30. The van der Waals surface area contributed by atoms with E-state index < -0.39 is 59.4 Å². The van der Waals surface area contributed by atoms with Crippen LogP contribution in [0.5, 0.6) is 0 Å². The summed E-state index contributed by atoms with van der Waals surface area (Å²) in [5, 5.41) is 66.1. The molecule has 194 valence electrons. The molecule has 0 saturated heterocycles. The van der Waals surface area contributed by atoms with Crippen molar-refractivity contribution < 1.29 is 49.7 Å². The molecule has 0 heterocycles. The summed E-state index contributed by atoms with van der Waals surface area (Å²) in [6.45, 7) is 2.75. The summed E-state index contributed by atoms with van der Waals surface area (Å²) in [7, 11) is 0. The second-order valence-electron chi connectivity index (χ2n) is 9.16. The van der Waals surface area contributed by atoms with Gasteiger partial charge in [0.15, 0.2) is 0 Å². The molecule has 2 aromatic carbocycles. The molecule has 0 aromatic heterocycles. The van der Waals surface area contributed by atoms with Crippen molar-refractivity contribution in [2.24, 2.45) is 0 Å². The third kappa shape index (κ3) is 3.26. The minimum atomic E-state index is -2.47. The van der Waals surface area contributed by atoms with E-state index in [1.54, 1.807) is 13.8 Å². The van der Waals surface area contributed by atoms with Crippen LogP contribution in [-0.2, 0) is 9.47 Å². The van der Waals surface area contributed by atoms with E-state index in [0.29, 0.717) is 5.56 Å². The Morgan fingerprint density at radius 1 is 0.861 bits per heavy atom. The number of hydrogen-bond acceptors (Lipinski definition) is 10. The number of esters is 2. The zero-order chi connectivity index (χ0) is 26.5. The maximum absolute atomic E-state index is 12.0. The molecule has 4 rings (SSSR count). The van der Waals surface area contributed by atoms with Crippen LogP contribution in [0.3, 0.4) is 0 Å². The molecule has 3 unspecified atom stereocenters. The lowest BCUT2D eigenvalue weighted by Crippen LogP contribution is -2.99. The number of benzene rings is 2. The number of aliphatic hydroxyl groups is 6. The van der Waals surface area contributed by atoms with Gasteiger partial charge in [-0.3, -0.25) is 0 Å². The third-order valence-corrected chi connectivity index (χ3v) is 7.54. The average Bonchev–Trinajstić information content (AvgIpc) is 2.88. The Balaban J connectivity index is 1.71. The molecule has 0 bridgehead atoms. The first-order valence-corrected chi connectivity index (χ1v) is 11.7. The molecule has 2 saturated carbocycles. The van der Waals surface area contributed by atoms with Gasteiger partial charge in [0.1, 0.15) is 22.9 Å². The summed E-state index contributed by atoms with van der Waals surface area (Å²) >= 11 is 0. The molecule has 0 aliphatic heterocycles. The van der Waals surface area contributed by atoms with Crippen LogP contribution in [0.2, 0.25) is 0 Å². The molecule has 2 aromatic rings. The predicted molar refractivity (Wildman–Crippen MR) is 124 cm³/mol. The van der Waals surface area contributed by atoms with Gasteiger partial charge in [0.05, 0.1) is 43.0 Å². The molecule has 10 nitrogen and oxygen atoms in total. The highest BCUT2D eigenvalue weighted by atomic mass is 16.5. The Labute approximate surface area is 207 Å². The molecule has 0 amide bonds. The van der Waals surface area contributed by atoms with Crippen LogP contribution in [0.1, 0.15) is 57.5 Å². The maximum atomic E-state index is 12.0. The summed E-state index contributed by atoms with van der Waals surface area (Å²) in [6, 6.07) is 11.4. The van der Waals surface area contributed by atoms with Gasteiger partial charge in [-0.2, -0.15) is 0 Å². The molecular formula is C26H30O10. The molecule has 2 aliphatic rings. The monoisotopic (exact) mass is 502 g/mol. The van der Waals surface area contributed by atoms with Gasteiger partial charge in [-0.1, -0.05) is 24.3 Å². The van der Waals surface area contributed by atoms with E-state index in [0.717, 1.165) is 0 Å². The summed E-state index contributed by atoms with van der Waals surface area (Å²) in [5.74, 6) is -3.79. The molecule has 2 aliphatic carbocycles. The van der Waals surface area contributed by atoms with Gasteiger partial charge in [-0.15, -0.1) is 0 Å². The number of ether oxygens (including phenoxy) is 2. The minimum absolute atomic E-state index is 0.173. The van der Waals surface area contributed by atoms with Crippen molar-refractivity contribution in [3.05, 3.63) is 70.8 Å². The van der Waals surface area contributed by atoms with E-state index in [9.17, 15) is 40.2 Å². The van der Waals surface area contributed by atoms with E-state index in [2.05, 4.69) is 0 Å². The zero-order valence-corrected chi connectivity index (χ0v) is 19.9. The summed E-state index contributed by atoms with van der Waals surface area (Å²) < 4.78 is 9.89. The highest BCUT2D eigenvalue weighted by Gasteiger charge is 2.93. The van der Waals surface area contributed by atoms with Crippen molar-refractivity contribution in [2.45, 2.75) is 54.7 Å². The van der Waals surface area contributed by atoms with Crippen LogP contribution in [-0.4, -0.2) is 91.4 Å². The fourth-order valence-corrected chi connectivity index (χ4v) is 5.88. The smallest absolute Gasteiger partial charge is 0.338 e. The van der Waals surface area contributed by atoms with Gasteiger partial charge in [-0.25, -0.2) is 9.59 Å². The number of hydrogen-bond donors (Lipinski definition) is 6. The molecule has 0 spiro atoms. The first kappa shape index (κ1) is 26.2. The first-order valence-electron chi connectivity index (χ1n) is 11.7. The van der Waals surface area contributed by atoms with Crippen LogP contribution in [0, 0.1) is 0 Å². The summed E-state index contributed by atoms with van der Waals surface area (Å²) in [6.07, 6.45) is -3.46. The molecule has 36 heavy (non-hydrogen) atoms. The summed E-state index contributed by atoms with van der Waals surface area (Å²) in [4.78, 5) is 23.9. The largest absolute Gasteiger partial charge is 0.462 e. The summed E-state index contributed by atoms with van der Waals surface area (Å²) in [5.41, 5.74) is -6.24. The van der Waals surface area contributed by atoms with Gasteiger partial charge in [0.2, 0.25) is 0 Å². The number of carbonyl (C=O) groups excluding carboxylic acids is 2. The third-order valence-electron chi connectivity index (χ3n) is 7.54. The van der Waals surface area contributed by atoms with Crippen molar-refractivity contribution in [3.63, 3.8) is 0 Å². The van der Waals surface area contributed by atoms with Gasteiger partial charge < -0.3 is 40.1 Å². The predicted octanol–water partition coefficient (Wildman–Crippen LogP) is -0.158. The van der Waals surface area contributed by atoms with Crippen LogP contribution in [0.15, 0.2) is 48.5 Å². The molecular weight excluding hydrogens is 472 g/mol. The van der Waals surface area contributed by atoms with Gasteiger partial charge >= 0.3 is 11.9 Å². The van der Waals surface area contributed by atoms with Crippen molar-refractivity contribution in [2.75, 3.05) is 19.8 Å². The Morgan fingerprint density at radius 2 is 1.31 bits per heavy atom. The number of fused-ring (bicyclic) bond motifs is 1. The lowest BCUT2D eigenvalue weighted by Gasteiger charge is -2.80. The van der Waals surface area contributed by atoms with E-state index >= 15 is 0 Å². The molecule has 2 fully saturated rings. The van der Waals surface area contributed by atoms with E-state index in [-0.39, 0.29) is 29.9 Å². The van der Waals surface area contributed by atoms with Crippen LogP contribution in [0.4, 0.5) is 0 Å². The first-order chi connectivity index (χ1) is 17.0. The van der Waals surface area contributed by atoms with E-state index in [1.165, 1.54) is 48.5 Å². The van der Waals surface area contributed by atoms with E-state index in [1.807, 2.05) is 0 Å². The zero-order valence-electron chi connectivity index (χ0n) is 19.9. The molecule has 6 N–H and O–H groups in total. The number of rotatable bonds is 8.